The molecule has 1 aliphatic heterocycles. The van der Waals surface area contributed by atoms with Crippen molar-refractivity contribution in [3.63, 3.8) is 0 Å². The van der Waals surface area contributed by atoms with Crippen LogP contribution >= 0.6 is 11.3 Å². The van der Waals surface area contributed by atoms with Gasteiger partial charge in [-0.25, -0.2) is 4.39 Å². The Hall–Kier alpha value is -1.80. The van der Waals surface area contributed by atoms with Gasteiger partial charge in [-0.1, -0.05) is 52.8 Å². The monoisotopic (exact) mass is 537 g/mol. The van der Waals surface area contributed by atoms with Crippen LogP contribution in [0.25, 0.3) is 0 Å². The first-order valence-electron chi connectivity index (χ1n) is 13.8. The Labute approximate surface area is 230 Å². The van der Waals surface area contributed by atoms with E-state index in [4.69, 9.17) is 10.5 Å². The van der Waals surface area contributed by atoms with E-state index in [0.29, 0.717) is 18.9 Å². The van der Waals surface area contributed by atoms with Crippen molar-refractivity contribution in [2.45, 2.75) is 79.4 Å². The zero-order chi connectivity index (χ0) is 28.1. The molecule has 7 heteroatoms. The molecule has 37 heavy (non-hydrogen) atoms. The van der Waals surface area contributed by atoms with Gasteiger partial charge in [0.25, 0.3) is 5.91 Å². The second-order valence-corrected chi connectivity index (χ2v) is 10.0. The van der Waals surface area contributed by atoms with Crippen LogP contribution in [0.15, 0.2) is 53.2 Å². The summed E-state index contributed by atoms with van der Waals surface area (Å²) in [5.74, 6) is 0.490. The number of thiophene rings is 1. The topological polar surface area (TPSA) is 58.8 Å². The van der Waals surface area contributed by atoms with Crippen molar-refractivity contribution in [3.05, 3.63) is 58.1 Å². The summed E-state index contributed by atoms with van der Waals surface area (Å²) in [5.41, 5.74) is 6.54. The number of halogens is 1. The Morgan fingerprint density at radius 2 is 1.95 bits per heavy atom. The van der Waals surface area contributed by atoms with E-state index in [9.17, 15) is 9.18 Å². The number of hydrogen-bond donors (Lipinski definition) is 1. The molecule has 212 valence electrons. The van der Waals surface area contributed by atoms with Crippen LogP contribution in [0.4, 0.5) is 4.39 Å². The lowest BCUT2D eigenvalue weighted by atomic mass is 9.99. The van der Waals surface area contributed by atoms with Crippen molar-refractivity contribution in [3.8, 4) is 0 Å². The lowest BCUT2D eigenvalue weighted by molar-refractivity contribution is -0.145. The van der Waals surface area contributed by atoms with Gasteiger partial charge in [0.15, 0.2) is 0 Å². The van der Waals surface area contributed by atoms with Gasteiger partial charge >= 0.3 is 0 Å². The molecule has 0 radical (unpaired) electrons. The normalized spacial score (nSPS) is 17.4. The summed E-state index contributed by atoms with van der Waals surface area (Å²) in [6.45, 7) is 14.7. The number of ether oxygens (including phenoxy) is 1. The average molecular weight is 538 g/mol. The first kappa shape index (κ1) is 35.2. The molecule has 2 heterocycles. The molecule has 0 saturated carbocycles. The van der Waals surface area contributed by atoms with Gasteiger partial charge in [-0.3, -0.25) is 4.79 Å². The van der Waals surface area contributed by atoms with Crippen LogP contribution in [0, 0.1) is 5.92 Å². The minimum Gasteiger partial charge on any atom is -0.368 e. The third-order valence-corrected chi connectivity index (χ3v) is 6.87. The predicted molar refractivity (Wildman–Crippen MR) is 158 cm³/mol. The maximum absolute atomic E-state index is 12.9. The minimum absolute atomic E-state index is 0.128. The molecule has 2 atom stereocenters. The summed E-state index contributed by atoms with van der Waals surface area (Å²) in [4.78, 5) is 17.0. The van der Waals surface area contributed by atoms with E-state index in [-0.39, 0.29) is 17.8 Å². The Morgan fingerprint density at radius 3 is 2.46 bits per heavy atom. The minimum atomic E-state index is -0.162. The molecule has 1 saturated heterocycles. The number of carbonyl (C=O) groups is 1. The maximum Gasteiger partial charge on any atom is 0.251 e. The van der Waals surface area contributed by atoms with Gasteiger partial charge in [0.05, 0.1) is 0 Å². The first-order valence-corrected chi connectivity index (χ1v) is 14.7. The Morgan fingerprint density at radius 1 is 1.22 bits per heavy atom. The second-order valence-electron chi connectivity index (χ2n) is 9.02. The standard InChI is InChI=1S/C13H20FN.C10H19NO2.C5H7NS.C2H6/c1-4-15(3)10-11(2)12-6-5-7-13(14)9-8-12;1-3-7-11(2)10(12)9-6-4-5-8-13-9;6-4-5-2-1-3-7-5;1-2/h6-9,11H,4-5,10H2,1-3H3;9H,3-8H2,1-2H3;1-3H,4,6H2;1-2H3. The van der Waals surface area contributed by atoms with Crippen LogP contribution in [0.2, 0.25) is 0 Å². The van der Waals surface area contributed by atoms with Gasteiger partial charge < -0.3 is 20.3 Å². The van der Waals surface area contributed by atoms with Gasteiger partial charge in [-0.2, -0.15) is 0 Å². The lowest BCUT2D eigenvalue weighted by Gasteiger charge is -2.26. The maximum atomic E-state index is 12.9. The molecule has 1 fully saturated rings. The number of carbonyl (C=O) groups excluding carboxylic acids is 1. The molecule has 3 rings (SSSR count). The van der Waals surface area contributed by atoms with Crippen molar-refractivity contribution < 1.29 is 13.9 Å². The third kappa shape index (κ3) is 15.9. The summed E-state index contributed by atoms with van der Waals surface area (Å²) < 4.78 is 18.4. The average Bonchev–Trinajstić information content (AvgIpc) is 3.37. The number of allylic oxidation sites excluding steroid dienone is 5. The summed E-state index contributed by atoms with van der Waals surface area (Å²) in [5, 5.41) is 2.03. The highest BCUT2D eigenvalue weighted by atomic mass is 32.1. The number of amides is 1. The van der Waals surface area contributed by atoms with Gasteiger partial charge in [-0.05, 0) is 80.8 Å². The van der Waals surface area contributed by atoms with Crippen molar-refractivity contribution in [1.29, 1.82) is 0 Å². The molecule has 2 N–H and O–H groups in total. The van der Waals surface area contributed by atoms with Crippen molar-refractivity contribution in [2.75, 3.05) is 40.3 Å². The van der Waals surface area contributed by atoms with Crippen molar-refractivity contribution in [1.82, 2.24) is 9.80 Å². The number of nitrogens with two attached hydrogens (primary N) is 1. The van der Waals surface area contributed by atoms with E-state index in [1.54, 1.807) is 28.4 Å². The van der Waals surface area contributed by atoms with Crippen LogP contribution in [0.5, 0.6) is 0 Å². The van der Waals surface area contributed by atoms with Crippen LogP contribution < -0.4 is 5.73 Å². The molecule has 5 nitrogen and oxygen atoms in total. The molecule has 1 aromatic rings. The van der Waals surface area contributed by atoms with Crippen molar-refractivity contribution >= 4 is 17.2 Å². The van der Waals surface area contributed by atoms with Crippen LogP contribution in [-0.2, 0) is 16.1 Å². The molecule has 2 unspecified atom stereocenters. The fourth-order valence-corrected chi connectivity index (χ4v) is 4.33. The summed E-state index contributed by atoms with van der Waals surface area (Å²) >= 11 is 1.70. The first-order chi connectivity index (χ1) is 17.8. The third-order valence-electron chi connectivity index (χ3n) is 5.97. The molecular formula is C30H52FN3O2S. The highest BCUT2D eigenvalue weighted by Crippen LogP contribution is 2.19. The Balaban J connectivity index is 0.000000535. The number of nitrogens with zero attached hydrogens (tertiary/aromatic N) is 2. The second kappa shape index (κ2) is 22.2. The molecule has 0 spiro atoms. The molecule has 1 aliphatic carbocycles. The van der Waals surface area contributed by atoms with Gasteiger partial charge in [0.1, 0.15) is 11.9 Å². The van der Waals surface area contributed by atoms with Gasteiger partial charge in [0, 0.05) is 38.2 Å². The molecule has 1 amide bonds. The number of hydrogen-bond acceptors (Lipinski definition) is 5. The summed E-state index contributed by atoms with van der Waals surface area (Å²) in [6.07, 6.45) is 11.8. The van der Waals surface area contributed by atoms with E-state index >= 15 is 0 Å². The quantitative estimate of drug-likeness (QED) is 0.389. The highest BCUT2D eigenvalue weighted by molar-refractivity contribution is 7.09. The van der Waals surface area contributed by atoms with E-state index in [2.05, 4.69) is 38.8 Å². The van der Waals surface area contributed by atoms with E-state index in [0.717, 1.165) is 51.9 Å². The van der Waals surface area contributed by atoms with Gasteiger partial charge in [-0.15, -0.1) is 11.3 Å². The molecule has 1 aromatic heterocycles. The van der Waals surface area contributed by atoms with Crippen molar-refractivity contribution in [2.24, 2.45) is 11.7 Å². The zero-order valence-electron chi connectivity index (χ0n) is 24.3. The van der Waals surface area contributed by atoms with Crippen LogP contribution in [0.1, 0.15) is 71.6 Å². The summed E-state index contributed by atoms with van der Waals surface area (Å²) in [7, 11) is 3.96. The summed E-state index contributed by atoms with van der Waals surface area (Å²) in [6, 6.07) is 4.04. The van der Waals surface area contributed by atoms with E-state index in [1.165, 1.54) is 10.5 Å². The lowest BCUT2D eigenvalue weighted by Crippen LogP contribution is -2.39. The molecule has 0 aromatic carbocycles. The SMILES string of the molecule is CC.CCCN(C)C(=O)C1CCCCO1.CCN(C)CC(C)C1=CCC=C(F)C=C1.NCc1cccs1. The smallest absolute Gasteiger partial charge is 0.251 e. The zero-order valence-corrected chi connectivity index (χ0v) is 25.2. The largest absolute Gasteiger partial charge is 0.368 e. The molecular weight excluding hydrogens is 485 g/mol. The van der Waals surface area contributed by atoms with Crippen LogP contribution in [0.3, 0.4) is 0 Å². The molecule has 2 aliphatic rings. The fourth-order valence-electron chi connectivity index (χ4n) is 3.74. The Kier molecular flexibility index (Phi) is 21.1. The molecule has 0 bridgehead atoms. The number of rotatable bonds is 8. The predicted octanol–water partition coefficient (Wildman–Crippen LogP) is 6.97. The van der Waals surface area contributed by atoms with E-state index < -0.39 is 0 Å². The van der Waals surface area contributed by atoms with Crippen LogP contribution in [-0.4, -0.2) is 62.1 Å². The van der Waals surface area contributed by atoms with E-state index in [1.807, 2.05) is 44.5 Å². The Bertz CT molecular complexity index is 787. The highest BCUT2D eigenvalue weighted by Gasteiger charge is 2.24. The van der Waals surface area contributed by atoms with Gasteiger partial charge in [0.2, 0.25) is 0 Å². The fraction of sp³-hybridized carbons (Fsp3) is 0.633. The number of likely N-dealkylation sites (N-methyl/N-ethyl adjacent to an activating group) is 1.